The van der Waals surface area contributed by atoms with Crippen molar-refractivity contribution < 1.29 is 26.3 Å². The molecule has 0 saturated heterocycles. The van der Waals surface area contributed by atoms with Crippen molar-refractivity contribution in [1.29, 1.82) is 0 Å². The van der Waals surface area contributed by atoms with Gasteiger partial charge in [0.2, 0.25) is 0 Å². The van der Waals surface area contributed by atoms with E-state index in [9.17, 15) is 21.6 Å². The predicted octanol–water partition coefficient (Wildman–Crippen LogP) is 7.23. The fourth-order valence-electron chi connectivity index (χ4n) is 3.78. The molecule has 0 bridgehead atoms. The Morgan fingerprint density at radius 2 is 1.76 bits per heavy atom. The van der Waals surface area contributed by atoms with E-state index < -0.39 is 20.4 Å². The van der Waals surface area contributed by atoms with Crippen LogP contribution in [0, 0.1) is 5.92 Å². The number of ether oxygens (including phenoxy) is 1. The fourth-order valence-corrected chi connectivity index (χ4v) is 4.53. The zero-order valence-corrected chi connectivity index (χ0v) is 20.7. The number of aromatic nitrogens is 1. The first-order chi connectivity index (χ1) is 15.5. The fraction of sp³-hybridized carbons (Fsp3) is 0.625. The molecule has 0 spiro atoms. The van der Waals surface area contributed by atoms with Gasteiger partial charge in [0.05, 0.1) is 18.0 Å². The summed E-state index contributed by atoms with van der Waals surface area (Å²) in [4.78, 5) is 6.77. The van der Waals surface area contributed by atoms with Gasteiger partial charge in [0.25, 0.3) is 9.84 Å². The van der Waals surface area contributed by atoms with Crippen molar-refractivity contribution >= 4 is 21.6 Å². The number of aromatic amines is 1. The van der Waals surface area contributed by atoms with E-state index in [1.165, 1.54) is 12.5 Å². The molecular weight excluding hydrogens is 453 g/mol. The van der Waals surface area contributed by atoms with Crippen LogP contribution in [0.15, 0.2) is 33.4 Å². The minimum absolute atomic E-state index is 0.0907. The van der Waals surface area contributed by atoms with Gasteiger partial charge in [0, 0.05) is 11.8 Å². The summed E-state index contributed by atoms with van der Waals surface area (Å²) >= 11 is 0. The van der Waals surface area contributed by atoms with Gasteiger partial charge in [0.1, 0.15) is 10.8 Å². The predicted molar refractivity (Wildman–Crippen MR) is 126 cm³/mol. The SMILES string of the molecule is CCCCCCC(CCCC)COc1cc(S(=O)(=O)C(F)(F)F)[nH]c1/C=C1/N=C(C)C=C1C. The van der Waals surface area contributed by atoms with Gasteiger partial charge in [-0.2, -0.15) is 13.2 Å². The molecule has 2 heterocycles. The number of unbranched alkanes of at least 4 members (excludes halogenated alkanes) is 4. The van der Waals surface area contributed by atoms with E-state index >= 15 is 0 Å². The lowest BCUT2D eigenvalue weighted by molar-refractivity contribution is -0.0437. The first kappa shape index (κ1) is 27.2. The van der Waals surface area contributed by atoms with Crippen LogP contribution in [0.2, 0.25) is 0 Å². The lowest BCUT2D eigenvalue weighted by Gasteiger charge is -2.17. The van der Waals surface area contributed by atoms with E-state index in [0.29, 0.717) is 12.3 Å². The van der Waals surface area contributed by atoms with Crippen LogP contribution in [0.3, 0.4) is 0 Å². The molecule has 1 aliphatic rings. The smallest absolute Gasteiger partial charge is 0.491 e. The summed E-state index contributed by atoms with van der Waals surface area (Å²) in [5, 5.41) is -0.926. The number of H-pyrrole nitrogens is 1. The molecule has 1 atom stereocenters. The molecule has 1 unspecified atom stereocenters. The van der Waals surface area contributed by atoms with Gasteiger partial charge in [0.15, 0.2) is 0 Å². The Labute approximate surface area is 195 Å². The third-order valence-electron chi connectivity index (χ3n) is 5.69. The van der Waals surface area contributed by atoms with Crippen LogP contribution in [0.25, 0.3) is 6.08 Å². The van der Waals surface area contributed by atoms with E-state index in [0.717, 1.165) is 62.3 Å². The van der Waals surface area contributed by atoms with Crippen molar-refractivity contribution in [3.05, 3.63) is 29.1 Å². The second-order valence-electron chi connectivity index (χ2n) is 8.64. The number of rotatable bonds is 13. The highest BCUT2D eigenvalue weighted by atomic mass is 32.2. The highest BCUT2D eigenvalue weighted by Gasteiger charge is 2.48. The third kappa shape index (κ3) is 7.48. The number of nitrogens with zero attached hydrogens (tertiary/aromatic N) is 1. The highest BCUT2D eigenvalue weighted by molar-refractivity contribution is 7.92. The normalized spacial score (nSPS) is 16.8. The zero-order valence-electron chi connectivity index (χ0n) is 19.9. The molecule has 1 aromatic heterocycles. The molecule has 5 nitrogen and oxygen atoms in total. The number of nitrogens with one attached hydrogen (secondary N) is 1. The molecule has 1 N–H and O–H groups in total. The summed E-state index contributed by atoms with van der Waals surface area (Å²) in [6.45, 7) is 8.23. The molecule has 186 valence electrons. The molecule has 0 amide bonds. The van der Waals surface area contributed by atoms with Crippen LogP contribution >= 0.6 is 0 Å². The molecular formula is C24H35F3N2O3S. The molecule has 0 saturated carbocycles. The first-order valence-corrected chi connectivity index (χ1v) is 13.1. The maximum absolute atomic E-state index is 13.1. The van der Waals surface area contributed by atoms with E-state index in [1.807, 2.05) is 19.9 Å². The van der Waals surface area contributed by atoms with Gasteiger partial charge in [-0.15, -0.1) is 0 Å². The molecule has 1 aromatic rings. The largest absolute Gasteiger partial charge is 0.503 e. The van der Waals surface area contributed by atoms with Gasteiger partial charge >= 0.3 is 5.51 Å². The van der Waals surface area contributed by atoms with Crippen molar-refractivity contribution in [2.24, 2.45) is 10.9 Å². The zero-order chi connectivity index (χ0) is 24.6. The van der Waals surface area contributed by atoms with Crippen molar-refractivity contribution in [3.63, 3.8) is 0 Å². The molecule has 2 rings (SSSR count). The van der Waals surface area contributed by atoms with Crippen LogP contribution in [0.1, 0.15) is 84.8 Å². The lowest BCUT2D eigenvalue weighted by atomic mass is 9.96. The molecule has 0 radical (unpaired) electrons. The molecule has 0 aromatic carbocycles. The van der Waals surface area contributed by atoms with Crippen LogP contribution in [-0.4, -0.2) is 31.2 Å². The number of hydrogen-bond donors (Lipinski definition) is 1. The third-order valence-corrected chi connectivity index (χ3v) is 7.10. The van der Waals surface area contributed by atoms with Gasteiger partial charge in [-0.1, -0.05) is 52.4 Å². The minimum Gasteiger partial charge on any atom is -0.491 e. The molecule has 0 fully saturated rings. The number of sulfone groups is 1. The summed E-state index contributed by atoms with van der Waals surface area (Å²) in [5.41, 5.74) is -3.08. The van der Waals surface area contributed by atoms with E-state index in [4.69, 9.17) is 4.74 Å². The van der Waals surface area contributed by atoms with Crippen molar-refractivity contribution in [3.8, 4) is 5.75 Å². The summed E-state index contributed by atoms with van der Waals surface area (Å²) in [6.07, 6.45) is 11.9. The Bertz CT molecular complexity index is 989. The van der Waals surface area contributed by atoms with Crippen molar-refractivity contribution in [2.75, 3.05) is 6.61 Å². The van der Waals surface area contributed by atoms with Gasteiger partial charge < -0.3 is 9.72 Å². The van der Waals surface area contributed by atoms with Crippen LogP contribution in [-0.2, 0) is 9.84 Å². The minimum atomic E-state index is -5.52. The Balaban J connectivity index is 2.31. The second kappa shape index (κ2) is 11.9. The van der Waals surface area contributed by atoms with Crippen molar-refractivity contribution in [1.82, 2.24) is 4.98 Å². The summed E-state index contributed by atoms with van der Waals surface area (Å²) in [6, 6.07) is 0.938. The molecule has 1 aliphatic heterocycles. The summed E-state index contributed by atoms with van der Waals surface area (Å²) in [7, 11) is -5.52. The average molecular weight is 489 g/mol. The Morgan fingerprint density at radius 3 is 2.33 bits per heavy atom. The highest BCUT2D eigenvalue weighted by Crippen LogP contribution is 2.35. The van der Waals surface area contributed by atoms with Gasteiger partial charge in [-0.25, -0.2) is 8.42 Å². The number of halogens is 3. The van der Waals surface area contributed by atoms with Crippen LogP contribution < -0.4 is 4.74 Å². The second-order valence-corrected chi connectivity index (χ2v) is 10.5. The maximum atomic E-state index is 13.1. The summed E-state index contributed by atoms with van der Waals surface area (Å²) in [5.74, 6) is 0.348. The van der Waals surface area contributed by atoms with Gasteiger partial charge in [-0.05, 0) is 50.3 Å². The molecule has 33 heavy (non-hydrogen) atoms. The Hall–Kier alpha value is -2.03. The number of hydrogen-bond acceptors (Lipinski definition) is 4. The van der Waals surface area contributed by atoms with Crippen molar-refractivity contribution in [2.45, 2.75) is 89.6 Å². The standard InChI is InChI=1S/C24H35F3N2O3S/c1-5-7-9-10-12-19(11-8-6-2)16-32-22-15-23(33(30,31)24(25,26)27)29-21(22)14-20-17(3)13-18(4)28-20/h13-15,19,29H,5-12,16H2,1-4H3/b20-14+. The van der Waals surface area contributed by atoms with Gasteiger partial charge in [-0.3, -0.25) is 4.99 Å². The van der Waals surface area contributed by atoms with Crippen LogP contribution in [0.5, 0.6) is 5.75 Å². The number of aliphatic imine (C=N–C) groups is 1. The van der Waals surface area contributed by atoms with Crippen LogP contribution in [0.4, 0.5) is 13.2 Å². The molecule has 9 heteroatoms. The molecule has 0 aliphatic carbocycles. The Morgan fingerprint density at radius 1 is 1.09 bits per heavy atom. The maximum Gasteiger partial charge on any atom is 0.503 e. The lowest BCUT2D eigenvalue weighted by Crippen LogP contribution is -2.23. The summed E-state index contributed by atoms with van der Waals surface area (Å²) < 4.78 is 69.3. The number of alkyl halides is 3. The van der Waals surface area contributed by atoms with E-state index in [2.05, 4.69) is 23.8 Å². The Kier molecular flexibility index (Phi) is 9.82. The van der Waals surface area contributed by atoms with E-state index in [1.54, 1.807) is 0 Å². The average Bonchev–Trinajstić information content (AvgIpc) is 3.28. The number of allylic oxidation sites excluding steroid dienone is 2. The first-order valence-electron chi connectivity index (χ1n) is 11.6. The van der Waals surface area contributed by atoms with E-state index in [-0.39, 0.29) is 17.4 Å². The quantitative estimate of drug-likeness (QED) is 0.298. The topological polar surface area (TPSA) is 71.5 Å². The monoisotopic (exact) mass is 488 g/mol.